The molecule has 0 saturated heterocycles. The van der Waals surface area contributed by atoms with Gasteiger partial charge in [-0.3, -0.25) is 4.57 Å². The Bertz CT molecular complexity index is 213. The number of rotatable bonds is 0. The molecule has 1 radical (unpaired) electrons. The predicted octanol–water partition coefficient (Wildman–Crippen LogP) is -10.6. The van der Waals surface area contributed by atoms with Gasteiger partial charge in [0, 0.05) is 0 Å². The molecule has 18 heteroatoms. The van der Waals surface area contributed by atoms with Gasteiger partial charge in [0.2, 0.25) is 0 Å². The van der Waals surface area contributed by atoms with E-state index >= 15 is 0 Å². The molecular formula is H2CoKO12P3Sn. The fourth-order valence-corrected chi connectivity index (χ4v) is 0. The van der Waals surface area contributed by atoms with Crippen LogP contribution in [0.15, 0.2) is 0 Å². The van der Waals surface area contributed by atoms with Crippen molar-refractivity contribution >= 4 is 47.4 Å². The molecule has 18 heavy (non-hydrogen) atoms. The third kappa shape index (κ3) is 601. The second-order valence-electron chi connectivity index (χ2n) is 1.39. The van der Waals surface area contributed by atoms with E-state index in [2.05, 4.69) is 0 Å². The van der Waals surface area contributed by atoms with Crippen LogP contribution in [-0.4, -0.2) is 33.7 Å². The van der Waals surface area contributed by atoms with E-state index in [0.717, 1.165) is 0 Å². The van der Waals surface area contributed by atoms with Gasteiger partial charge in [0.1, 0.15) is 0 Å². The summed E-state index contributed by atoms with van der Waals surface area (Å²) in [5, 5.41) is 0. The van der Waals surface area contributed by atoms with Gasteiger partial charge >= 0.3 is 92.1 Å². The molecule has 0 atom stereocenters. The third-order valence-electron chi connectivity index (χ3n) is 0. The second-order valence-corrected chi connectivity index (χ2v) is 4.16. The van der Waals surface area contributed by atoms with Gasteiger partial charge in [-0.2, -0.15) is 15.6 Å². The third-order valence-corrected chi connectivity index (χ3v) is 0. The van der Waals surface area contributed by atoms with E-state index in [-0.39, 0.29) is 92.1 Å². The van der Waals surface area contributed by atoms with E-state index in [4.69, 9.17) is 57.7 Å². The molecule has 0 fully saturated rings. The number of hydrogen-bond donors (Lipinski definition) is 2. The maximum atomic E-state index is 8.77. The summed E-state index contributed by atoms with van der Waals surface area (Å²) in [4.78, 5) is 74.2. The SMILES string of the molecule is O=P([O-])(O)O.O=P([O-])([O-])[O-].O=P([O-])([O-])[O-].[Co+2].[K+].[Sn+4]. The molecule has 0 unspecified atom stereocenters. The van der Waals surface area contributed by atoms with Gasteiger partial charge in [-0.1, -0.05) is 0 Å². The van der Waals surface area contributed by atoms with Crippen molar-refractivity contribution in [3.8, 4) is 0 Å². The van der Waals surface area contributed by atoms with Gasteiger partial charge in [-0.15, -0.1) is 0 Å². The molecule has 12 nitrogen and oxygen atoms in total. The molecule has 0 aliphatic carbocycles. The molecule has 0 amide bonds. The van der Waals surface area contributed by atoms with Crippen LogP contribution in [0.4, 0.5) is 0 Å². The van der Waals surface area contributed by atoms with Gasteiger partial charge in [0.05, 0.1) is 0 Å². The summed E-state index contributed by atoms with van der Waals surface area (Å²) in [5.41, 5.74) is 0. The molecule has 0 saturated carbocycles. The average Bonchev–Trinajstić information content (AvgIpc) is 1.41. The molecule has 0 aromatic carbocycles. The maximum Gasteiger partial charge on any atom is 4.00 e. The van der Waals surface area contributed by atoms with E-state index in [1.165, 1.54) is 0 Å². The Morgan fingerprint density at radius 3 is 0.667 bits per heavy atom. The van der Waals surface area contributed by atoms with Crippen LogP contribution in [0.2, 0.25) is 0 Å². The molecule has 0 aliphatic rings. The molecule has 0 aliphatic heterocycles. The van der Waals surface area contributed by atoms with Crippen molar-refractivity contribution < 1.29 is 126 Å². The van der Waals surface area contributed by atoms with Crippen LogP contribution in [0.1, 0.15) is 0 Å². The summed E-state index contributed by atoms with van der Waals surface area (Å²) in [6, 6.07) is 0. The van der Waals surface area contributed by atoms with E-state index < -0.39 is 23.5 Å². The summed E-state index contributed by atoms with van der Waals surface area (Å²) in [6.45, 7) is 0. The van der Waals surface area contributed by atoms with Crippen molar-refractivity contribution in [2.45, 2.75) is 0 Å². The average molecular weight is 504 g/mol. The predicted molar refractivity (Wildman–Crippen MR) is 33.0 cm³/mol. The smallest absolute Gasteiger partial charge is 0.822 e. The van der Waals surface area contributed by atoms with Crippen molar-refractivity contribution in [2.24, 2.45) is 0 Å². The van der Waals surface area contributed by atoms with Crippen molar-refractivity contribution in [2.75, 3.05) is 0 Å². The van der Waals surface area contributed by atoms with Crippen molar-refractivity contribution in [3.63, 3.8) is 0 Å². The first kappa shape index (κ1) is 37.5. The number of phosphoric acid groups is 3. The van der Waals surface area contributed by atoms with Crippen molar-refractivity contribution in [1.29, 1.82) is 0 Å². The molecular weight excluding hydrogens is 502 g/mol. The Morgan fingerprint density at radius 1 is 0.667 bits per heavy atom. The molecule has 0 heterocycles. The summed E-state index contributed by atoms with van der Waals surface area (Å²) >= 11 is 0. The first-order chi connectivity index (χ1) is 6.00. The van der Waals surface area contributed by atoms with Crippen LogP contribution in [0, 0.1) is 0 Å². The van der Waals surface area contributed by atoms with Crippen LogP contribution in [0.3, 0.4) is 0 Å². The maximum absolute atomic E-state index is 8.77. The van der Waals surface area contributed by atoms with Crippen LogP contribution in [0.5, 0.6) is 0 Å². The fourth-order valence-electron chi connectivity index (χ4n) is 0. The van der Waals surface area contributed by atoms with E-state index in [0.29, 0.717) is 0 Å². The zero-order chi connectivity index (χ0) is 13.5. The standard InChI is InChI=1S/Co.K.3H3O4P.Sn/c;;3*1-5(2,3)4;/h;;3*(H3,1,2,3,4);/q+2;+1;;;;+4/p-7. The monoisotopic (exact) mass is 505 g/mol. The van der Waals surface area contributed by atoms with E-state index in [9.17, 15) is 0 Å². The molecule has 2 N–H and O–H groups in total. The largest absolute Gasteiger partial charge is 4.00 e. The van der Waals surface area contributed by atoms with Crippen LogP contribution < -0.4 is 85.6 Å². The summed E-state index contributed by atoms with van der Waals surface area (Å²) in [6.07, 6.45) is 0. The Labute approximate surface area is 171 Å². The van der Waals surface area contributed by atoms with Crippen LogP contribution in [0.25, 0.3) is 0 Å². The molecule has 0 aromatic rings. The second kappa shape index (κ2) is 16.6. The van der Waals surface area contributed by atoms with E-state index in [1.54, 1.807) is 0 Å². The van der Waals surface area contributed by atoms with Gasteiger partial charge in [-0.05, 0) is 0 Å². The molecule has 0 spiro atoms. The first-order valence-electron chi connectivity index (χ1n) is 2.23. The van der Waals surface area contributed by atoms with Crippen LogP contribution >= 0.6 is 23.5 Å². The summed E-state index contributed by atoms with van der Waals surface area (Å²) in [5.74, 6) is 0. The minimum absolute atomic E-state index is 0. The summed E-state index contributed by atoms with van der Waals surface area (Å²) < 4.78 is 25.9. The Hall–Kier alpha value is 3.27. The van der Waals surface area contributed by atoms with Gasteiger partial charge in [0.15, 0.2) is 0 Å². The Morgan fingerprint density at radius 2 is 0.667 bits per heavy atom. The fraction of sp³-hybridized carbons (Fsp3) is 0. The molecule has 103 valence electrons. The molecule has 0 rings (SSSR count). The minimum atomic E-state index is -5.39. The molecule has 0 aromatic heterocycles. The van der Waals surface area contributed by atoms with Crippen molar-refractivity contribution in [1.82, 2.24) is 0 Å². The topological polar surface area (TPSA) is 253 Å². The zero-order valence-corrected chi connectivity index (χ0v) is 17.9. The minimum Gasteiger partial charge on any atom is -0.822 e. The normalized spacial score (nSPS) is 9.83. The van der Waals surface area contributed by atoms with Gasteiger partial charge in [-0.25, -0.2) is 0 Å². The van der Waals surface area contributed by atoms with E-state index in [1.807, 2.05) is 0 Å². The Kier molecular flexibility index (Phi) is 34.6. The molecule has 0 bridgehead atoms. The summed E-state index contributed by atoms with van der Waals surface area (Å²) in [7, 11) is -15.7. The number of hydrogen-bond acceptors (Lipinski definition) is 10. The van der Waals surface area contributed by atoms with Gasteiger partial charge < -0.3 is 53.2 Å². The zero-order valence-electron chi connectivity index (χ0n) is 8.15. The first-order valence-corrected chi connectivity index (χ1v) is 6.68. The van der Waals surface area contributed by atoms with Crippen molar-refractivity contribution in [3.05, 3.63) is 0 Å². The quantitative estimate of drug-likeness (QED) is 0.231. The van der Waals surface area contributed by atoms with Crippen LogP contribution in [-0.2, 0) is 30.5 Å². The van der Waals surface area contributed by atoms with Gasteiger partial charge in [0.25, 0.3) is 7.82 Å². The Balaban J connectivity index is -0.0000000277.